The van der Waals surface area contributed by atoms with Gasteiger partial charge in [0.05, 0.1) is 25.4 Å². The van der Waals surface area contributed by atoms with Crippen LogP contribution in [0, 0.1) is 0 Å². The zero-order chi connectivity index (χ0) is 47.2. The summed E-state index contributed by atoms with van der Waals surface area (Å²) in [4.78, 5) is 24.4. The molecule has 0 aliphatic carbocycles. The highest BCUT2D eigenvalue weighted by molar-refractivity contribution is 5.76. The lowest BCUT2D eigenvalue weighted by atomic mass is 10.0. The SMILES string of the molecule is CCCCC/C=C\CCCCCCCC(=O)OCCCCCCCCCCCCC/C=C\CCCCCCCCCC(=O)NC(CO)C(O)/C=C/CCCCCCCCCCCCCC. The number of carbonyl (C=O) groups is 2. The first-order chi connectivity index (χ1) is 32.0. The van der Waals surface area contributed by atoms with E-state index in [2.05, 4.69) is 43.5 Å². The number of esters is 1. The van der Waals surface area contributed by atoms with Crippen LogP contribution in [0.4, 0.5) is 0 Å². The molecular weight excluding hydrogens is 803 g/mol. The summed E-state index contributed by atoms with van der Waals surface area (Å²) < 4.78 is 5.46. The van der Waals surface area contributed by atoms with E-state index in [1.54, 1.807) is 6.08 Å². The molecule has 3 N–H and O–H groups in total. The second-order valence-electron chi connectivity index (χ2n) is 19.6. The van der Waals surface area contributed by atoms with Gasteiger partial charge in [0.25, 0.3) is 0 Å². The highest BCUT2D eigenvalue weighted by Crippen LogP contribution is 2.16. The maximum atomic E-state index is 12.4. The van der Waals surface area contributed by atoms with E-state index in [9.17, 15) is 19.8 Å². The van der Waals surface area contributed by atoms with E-state index >= 15 is 0 Å². The predicted molar refractivity (Wildman–Crippen MR) is 283 cm³/mol. The van der Waals surface area contributed by atoms with Crippen LogP contribution in [0.25, 0.3) is 0 Å². The smallest absolute Gasteiger partial charge is 0.305 e. The third-order valence-electron chi connectivity index (χ3n) is 13.1. The lowest BCUT2D eigenvalue weighted by molar-refractivity contribution is -0.143. The van der Waals surface area contributed by atoms with Gasteiger partial charge in [-0.1, -0.05) is 243 Å². The summed E-state index contributed by atoms with van der Waals surface area (Å²) in [6, 6.07) is -0.632. The number of ether oxygens (including phenoxy) is 1. The van der Waals surface area contributed by atoms with E-state index in [1.807, 2.05) is 6.08 Å². The number of unbranched alkanes of at least 4 members (excludes halogenated alkanes) is 38. The van der Waals surface area contributed by atoms with E-state index < -0.39 is 12.1 Å². The molecule has 0 heterocycles. The Morgan fingerprint density at radius 2 is 0.723 bits per heavy atom. The summed E-state index contributed by atoms with van der Waals surface area (Å²) in [6.45, 7) is 4.87. The van der Waals surface area contributed by atoms with E-state index in [4.69, 9.17) is 4.74 Å². The van der Waals surface area contributed by atoms with Crippen LogP contribution < -0.4 is 5.32 Å². The molecule has 0 fully saturated rings. The topological polar surface area (TPSA) is 95.9 Å². The van der Waals surface area contributed by atoms with Crippen molar-refractivity contribution in [3.05, 3.63) is 36.5 Å². The summed E-state index contributed by atoms with van der Waals surface area (Å²) in [5.74, 6) is -0.0761. The van der Waals surface area contributed by atoms with Crippen molar-refractivity contribution in [3.63, 3.8) is 0 Å². The van der Waals surface area contributed by atoms with Gasteiger partial charge in [0.2, 0.25) is 5.91 Å². The molecule has 6 heteroatoms. The van der Waals surface area contributed by atoms with Crippen molar-refractivity contribution in [2.45, 2.75) is 315 Å². The fourth-order valence-electron chi connectivity index (χ4n) is 8.68. The summed E-state index contributed by atoms with van der Waals surface area (Å²) in [7, 11) is 0. The zero-order valence-corrected chi connectivity index (χ0v) is 43.5. The summed E-state index contributed by atoms with van der Waals surface area (Å²) in [6.07, 6.45) is 67.4. The van der Waals surface area contributed by atoms with Crippen molar-refractivity contribution in [1.29, 1.82) is 0 Å². The Morgan fingerprint density at radius 1 is 0.415 bits per heavy atom. The Morgan fingerprint density at radius 3 is 1.12 bits per heavy atom. The van der Waals surface area contributed by atoms with E-state index in [0.717, 1.165) is 51.4 Å². The van der Waals surface area contributed by atoms with Gasteiger partial charge >= 0.3 is 5.97 Å². The first kappa shape index (κ1) is 63.1. The van der Waals surface area contributed by atoms with Crippen molar-refractivity contribution >= 4 is 11.9 Å². The average molecular weight is 915 g/mol. The molecular formula is C59H111NO5. The van der Waals surface area contributed by atoms with Gasteiger partial charge < -0.3 is 20.3 Å². The minimum absolute atomic E-state index is 0.00110. The van der Waals surface area contributed by atoms with Gasteiger partial charge in [0, 0.05) is 12.8 Å². The van der Waals surface area contributed by atoms with Gasteiger partial charge in [-0.15, -0.1) is 0 Å². The third-order valence-corrected chi connectivity index (χ3v) is 13.1. The van der Waals surface area contributed by atoms with E-state index in [-0.39, 0.29) is 18.5 Å². The van der Waals surface area contributed by atoms with Crippen molar-refractivity contribution < 1.29 is 24.5 Å². The quantitative estimate of drug-likeness (QED) is 0.0321. The highest BCUT2D eigenvalue weighted by atomic mass is 16.5. The Kier molecular flexibility index (Phi) is 53.1. The number of hydrogen-bond acceptors (Lipinski definition) is 5. The van der Waals surface area contributed by atoms with Crippen molar-refractivity contribution in [3.8, 4) is 0 Å². The fourth-order valence-corrected chi connectivity index (χ4v) is 8.68. The van der Waals surface area contributed by atoms with Crippen LogP contribution in [0.1, 0.15) is 303 Å². The molecule has 0 aromatic heterocycles. The molecule has 0 aliphatic heterocycles. The van der Waals surface area contributed by atoms with E-state index in [1.165, 1.54) is 225 Å². The second kappa shape index (κ2) is 54.7. The normalized spacial score (nSPS) is 12.9. The molecule has 0 saturated carbocycles. The maximum Gasteiger partial charge on any atom is 0.305 e. The van der Waals surface area contributed by atoms with Gasteiger partial charge in [-0.3, -0.25) is 9.59 Å². The van der Waals surface area contributed by atoms with Crippen molar-refractivity contribution in [2.24, 2.45) is 0 Å². The van der Waals surface area contributed by atoms with Crippen LogP contribution in [-0.4, -0.2) is 47.4 Å². The molecule has 0 rings (SSSR count). The molecule has 0 saturated heterocycles. The molecule has 2 unspecified atom stereocenters. The summed E-state index contributed by atoms with van der Waals surface area (Å²) in [5.41, 5.74) is 0. The number of allylic oxidation sites excluding steroid dienone is 5. The monoisotopic (exact) mass is 914 g/mol. The molecule has 65 heavy (non-hydrogen) atoms. The zero-order valence-electron chi connectivity index (χ0n) is 43.5. The standard InChI is InChI=1S/C59H111NO5/c1-3-5-7-9-11-13-15-17-28-31-35-39-43-47-51-57(62)56(55-61)60-58(63)52-48-44-40-36-32-29-26-24-22-20-18-19-21-23-25-27-30-34-38-42-46-50-54-65-59(64)53-49-45-41-37-33-16-14-12-10-8-6-4-2/h12,14,20,22,47,51,56-57,61-62H,3-11,13,15-19,21,23-46,48-50,52-55H2,1-2H3,(H,60,63)/b14-12-,22-20-,51-47+. The van der Waals surface area contributed by atoms with Crippen molar-refractivity contribution in [2.75, 3.05) is 13.2 Å². The van der Waals surface area contributed by atoms with Crippen LogP contribution in [-0.2, 0) is 14.3 Å². The molecule has 0 aromatic carbocycles. The minimum atomic E-state index is -0.848. The molecule has 0 aromatic rings. The van der Waals surface area contributed by atoms with Gasteiger partial charge in [-0.05, 0) is 83.5 Å². The van der Waals surface area contributed by atoms with Crippen LogP contribution in [0.3, 0.4) is 0 Å². The Bertz CT molecular complexity index is 1060. The Labute approximate surface area is 404 Å². The number of carbonyl (C=O) groups excluding carboxylic acids is 2. The number of aliphatic hydroxyl groups excluding tert-OH is 2. The summed E-state index contributed by atoms with van der Waals surface area (Å²) >= 11 is 0. The highest BCUT2D eigenvalue weighted by Gasteiger charge is 2.18. The lowest BCUT2D eigenvalue weighted by Gasteiger charge is -2.20. The van der Waals surface area contributed by atoms with Crippen molar-refractivity contribution in [1.82, 2.24) is 5.32 Å². The molecule has 0 bridgehead atoms. The molecule has 6 nitrogen and oxygen atoms in total. The Hall–Kier alpha value is -1.92. The average Bonchev–Trinajstić information content (AvgIpc) is 3.31. The maximum absolute atomic E-state index is 12.4. The number of nitrogens with one attached hydrogen (secondary N) is 1. The van der Waals surface area contributed by atoms with E-state index in [0.29, 0.717) is 19.4 Å². The van der Waals surface area contributed by atoms with Crippen LogP contribution in [0.15, 0.2) is 36.5 Å². The van der Waals surface area contributed by atoms with Crippen LogP contribution in [0.2, 0.25) is 0 Å². The first-order valence-corrected chi connectivity index (χ1v) is 28.8. The van der Waals surface area contributed by atoms with Gasteiger partial charge in [-0.2, -0.15) is 0 Å². The van der Waals surface area contributed by atoms with Gasteiger partial charge in [0.15, 0.2) is 0 Å². The number of amides is 1. The number of aliphatic hydroxyl groups is 2. The number of rotatable bonds is 53. The first-order valence-electron chi connectivity index (χ1n) is 28.8. The van der Waals surface area contributed by atoms with Gasteiger partial charge in [-0.25, -0.2) is 0 Å². The molecule has 2 atom stereocenters. The third kappa shape index (κ3) is 51.3. The molecule has 382 valence electrons. The largest absolute Gasteiger partial charge is 0.466 e. The Balaban J connectivity index is 3.45. The molecule has 0 aliphatic rings. The number of hydrogen-bond donors (Lipinski definition) is 3. The lowest BCUT2D eigenvalue weighted by Crippen LogP contribution is -2.45. The molecule has 0 radical (unpaired) electrons. The molecule has 1 amide bonds. The predicted octanol–water partition coefficient (Wildman–Crippen LogP) is 17.6. The summed E-state index contributed by atoms with van der Waals surface area (Å²) in [5, 5.41) is 23.1. The molecule has 0 spiro atoms. The minimum Gasteiger partial charge on any atom is -0.466 e. The fraction of sp³-hybridized carbons (Fsp3) is 0.864. The van der Waals surface area contributed by atoms with Crippen LogP contribution >= 0.6 is 0 Å². The second-order valence-corrected chi connectivity index (χ2v) is 19.6. The van der Waals surface area contributed by atoms with Crippen LogP contribution in [0.5, 0.6) is 0 Å². The van der Waals surface area contributed by atoms with Gasteiger partial charge in [0.1, 0.15) is 0 Å².